The Kier molecular flexibility index (Phi) is 4.35. The molecule has 0 unspecified atom stereocenters. The number of carbonyl (C=O) groups excluding carboxylic acids is 1. The minimum atomic E-state index is -1.47. The molecule has 2 rings (SSSR count). The molecule has 0 fully saturated rings. The lowest BCUT2D eigenvalue weighted by molar-refractivity contribution is -0.152. The van der Waals surface area contributed by atoms with Crippen LogP contribution in [-0.4, -0.2) is 23.5 Å². The Morgan fingerprint density at radius 2 is 1.95 bits per heavy atom. The summed E-state index contributed by atoms with van der Waals surface area (Å²) in [5.74, 6) is -1.57. The molecule has 1 amide bonds. The summed E-state index contributed by atoms with van der Waals surface area (Å²) in [6, 6.07) is 9.75. The van der Waals surface area contributed by atoms with E-state index in [4.69, 9.17) is 0 Å². The molecule has 4 heteroatoms. The number of benzene rings is 1. The minimum absolute atomic E-state index is 0.190. The van der Waals surface area contributed by atoms with Gasteiger partial charge in [0.1, 0.15) is 0 Å². The topological polar surface area (TPSA) is 66.4 Å². The molecule has 2 N–H and O–H groups in total. The normalized spacial score (nSPS) is 20.6. The number of carbonyl (C=O) groups is 2. The summed E-state index contributed by atoms with van der Waals surface area (Å²) in [5.41, 5.74) is -0.359. The molecule has 104 valence electrons. The standard InChI is InChI=1S/C16H17NO3/c18-14(16(15(19)20)10-5-2-6-11-16)17-12-9-13-7-3-1-4-8-13/h1-8,10H,9,11-12H2,(H,17,18)(H,19,20)/t16-/m0/s1. The molecule has 1 aliphatic carbocycles. The first-order valence-corrected chi connectivity index (χ1v) is 6.55. The van der Waals surface area contributed by atoms with Gasteiger partial charge in [0.25, 0.3) is 0 Å². The van der Waals surface area contributed by atoms with Crippen LogP contribution in [0.15, 0.2) is 54.6 Å². The van der Waals surface area contributed by atoms with Gasteiger partial charge in [0, 0.05) is 6.54 Å². The Labute approximate surface area is 117 Å². The van der Waals surface area contributed by atoms with Crippen molar-refractivity contribution >= 4 is 11.9 Å². The van der Waals surface area contributed by atoms with Gasteiger partial charge in [-0.3, -0.25) is 9.59 Å². The van der Waals surface area contributed by atoms with Crippen molar-refractivity contribution in [1.82, 2.24) is 5.32 Å². The maximum atomic E-state index is 12.2. The lowest BCUT2D eigenvalue weighted by Crippen LogP contribution is -2.46. The average molecular weight is 271 g/mol. The van der Waals surface area contributed by atoms with Gasteiger partial charge in [-0.05, 0) is 18.4 Å². The monoisotopic (exact) mass is 271 g/mol. The molecule has 0 bridgehead atoms. The quantitative estimate of drug-likeness (QED) is 0.804. The number of carboxylic acids is 1. The first kappa shape index (κ1) is 14.1. The fourth-order valence-electron chi connectivity index (χ4n) is 2.17. The second-order valence-corrected chi connectivity index (χ2v) is 4.76. The van der Waals surface area contributed by atoms with Crippen LogP contribution in [-0.2, 0) is 16.0 Å². The van der Waals surface area contributed by atoms with E-state index in [0.717, 1.165) is 5.56 Å². The summed E-state index contributed by atoms with van der Waals surface area (Å²) < 4.78 is 0. The highest BCUT2D eigenvalue weighted by Gasteiger charge is 2.43. The maximum Gasteiger partial charge on any atom is 0.323 e. The van der Waals surface area contributed by atoms with Gasteiger partial charge in [-0.1, -0.05) is 54.6 Å². The number of amides is 1. The third kappa shape index (κ3) is 2.96. The summed E-state index contributed by atoms with van der Waals surface area (Å²) in [4.78, 5) is 23.6. The van der Waals surface area contributed by atoms with Crippen molar-refractivity contribution < 1.29 is 14.7 Å². The van der Waals surface area contributed by atoms with Crippen LogP contribution in [0.1, 0.15) is 12.0 Å². The van der Waals surface area contributed by atoms with Gasteiger partial charge in [0.05, 0.1) is 0 Å². The van der Waals surface area contributed by atoms with E-state index in [1.807, 2.05) is 30.3 Å². The Morgan fingerprint density at radius 1 is 1.20 bits per heavy atom. The van der Waals surface area contributed by atoms with Gasteiger partial charge < -0.3 is 10.4 Å². The van der Waals surface area contributed by atoms with Crippen molar-refractivity contribution in [3.63, 3.8) is 0 Å². The van der Waals surface area contributed by atoms with Crippen LogP contribution in [0.5, 0.6) is 0 Å². The van der Waals surface area contributed by atoms with Gasteiger partial charge in [-0.25, -0.2) is 0 Å². The average Bonchev–Trinajstić information content (AvgIpc) is 2.48. The van der Waals surface area contributed by atoms with E-state index in [-0.39, 0.29) is 6.42 Å². The Hall–Kier alpha value is -2.36. The molecule has 20 heavy (non-hydrogen) atoms. The number of aliphatic carboxylic acids is 1. The highest BCUT2D eigenvalue weighted by atomic mass is 16.4. The molecule has 1 atom stereocenters. The zero-order valence-electron chi connectivity index (χ0n) is 11.1. The molecule has 0 spiro atoms. The zero-order valence-corrected chi connectivity index (χ0v) is 11.1. The molecular weight excluding hydrogens is 254 g/mol. The number of carboxylic acid groups (broad SMARTS) is 1. The smallest absolute Gasteiger partial charge is 0.323 e. The van der Waals surface area contributed by atoms with E-state index in [1.54, 1.807) is 18.2 Å². The van der Waals surface area contributed by atoms with E-state index < -0.39 is 17.3 Å². The molecule has 4 nitrogen and oxygen atoms in total. The highest BCUT2D eigenvalue weighted by molar-refractivity contribution is 6.04. The predicted octanol–water partition coefficient (Wildman–Crippen LogP) is 1.93. The second kappa shape index (κ2) is 6.19. The van der Waals surface area contributed by atoms with Crippen LogP contribution in [0.3, 0.4) is 0 Å². The van der Waals surface area contributed by atoms with E-state index in [1.165, 1.54) is 6.08 Å². The van der Waals surface area contributed by atoms with E-state index in [9.17, 15) is 14.7 Å². The van der Waals surface area contributed by atoms with Crippen molar-refractivity contribution in [2.45, 2.75) is 12.8 Å². The van der Waals surface area contributed by atoms with Crippen LogP contribution < -0.4 is 5.32 Å². The van der Waals surface area contributed by atoms with Gasteiger partial charge in [0.2, 0.25) is 5.91 Å². The first-order valence-electron chi connectivity index (χ1n) is 6.55. The van der Waals surface area contributed by atoms with Crippen LogP contribution >= 0.6 is 0 Å². The number of nitrogens with one attached hydrogen (secondary N) is 1. The molecule has 1 aliphatic rings. The van der Waals surface area contributed by atoms with Crippen LogP contribution in [0.2, 0.25) is 0 Å². The molecular formula is C16H17NO3. The van der Waals surface area contributed by atoms with Crippen molar-refractivity contribution in [3.05, 3.63) is 60.2 Å². The molecule has 0 saturated heterocycles. The summed E-state index contributed by atoms with van der Waals surface area (Å²) in [6.07, 6.45) is 7.38. The molecule has 1 aromatic rings. The Bertz CT molecular complexity index is 548. The van der Waals surface area contributed by atoms with Crippen LogP contribution in [0.4, 0.5) is 0 Å². The molecule has 0 saturated carbocycles. The van der Waals surface area contributed by atoms with Gasteiger partial charge in [-0.2, -0.15) is 0 Å². The third-order valence-electron chi connectivity index (χ3n) is 3.40. The largest absolute Gasteiger partial charge is 0.480 e. The predicted molar refractivity (Wildman–Crippen MR) is 76.1 cm³/mol. The highest BCUT2D eigenvalue weighted by Crippen LogP contribution is 2.28. The van der Waals surface area contributed by atoms with Gasteiger partial charge >= 0.3 is 5.97 Å². The Morgan fingerprint density at radius 3 is 2.55 bits per heavy atom. The SMILES string of the molecule is O=C(O)[C@@]1(C(=O)NCCc2ccccc2)C=CC=CC1. The lowest BCUT2D eigenvalue weighted by Gasteiger charge is -2.25. The fraction of sp³-hybridized carbons (Fsp3) is 0.250. The minimum Gasteiger partial charge on any atom is -0.480 e. The van der Waals surface area contributed by atoms with E-state index in [2.05, 4.69) is 5.32 Å². The lowest BCUT2D eigenvalue weighted by atomic mass is 9.80. The van der Waals surface area contributed by atoms with E-state index in [0.29, 0.717) is 13.0 Å². The summed E-state index contributed by atoms with van der Waals surface area (Å²) in [6.45, 7) is 0.426. The fourth-order valence-corrected chi connectivity index (χ4v) is 2.17. The van der Waals surface area contributed by atoms with Crippen LogP contribution in [0, 0.1) is 5.41 Å². The van der Waals surface area contributed by atoms with Gasteiger partial charge in [0.15, 0.2) is 5.41 Å². The number of allylic oxidation sites excluding steroid dienone is 3. The van der Waals surface area contributed by atoms with Crippen molar-refractivity contribution in [1.29, 1.82) is 0 Å². The van der Waals surface area contributed by atoms with Crippen LogP contribution in [0.25, 0.3) is 0 Å². The van der Waals surface area contributed by atoms with Crippen molar-refractivity contribution in [2.75, 3.05) is 6.54 Å². The first-order chi connectivity index (χ1) is 9.65. The third-order valence-corrected chi connectivity index (χ3v) is 3.40. The van der Waals surface area contributed by atoms with Gasteiger partial charge in [-0.15, -0.1) is 0 Å². The summed E-state index contributed by atoms with van der Waals surface area (Å²) in [7, 11) is 0. The number of hydrogen-bond donors (Lipinski definition) is 2. The van der Waals surface area contributed by atoms with E-state index >= 15 is 0 Å². The molecule has 0 aromatic heterocycles. The summed E-state index contributed by atoms with van der Waals surface area (Å²) in [5, 5.41) is 12.0. The molecule has 0 heterocycles. The van der Waals surface area contributed by atoms with Crippen molar-refractivity contribution in [3.8, 4) is 0 Å². The molecule has 0 radical (unpaired) electrons. The molecule has 1 aromatic carbocycles. The number of hydrogen-bond acceptors (Lipinski definition) is 2. The summed E-state index contributed by atoms with van der Waals surface area (Å²) >= 11 is 0. The number of rotatable bonds is 5. The van der Waals surface area contributed by atoms with Crippen molar-refractivity contribution in [2.24, 2.45) is 5.41 Å². The molecule has 0 aliphatic heterocycles. The maximum absolute atomic E-state index is 12.2. The Balaban J connectivity index is 1.95. The second-order valence-electron chi connectivity index (χ2n) is 4.76. The zero-order chi connectivity index (χ0) is 14.4.